The molecule has 0 atom stereocenters. The smallest absolute Gasteiger partial charge is 0.0618 e. The summed E-state index contributed by atoms with van der Waals surface area (Å²) >= 11 is 14.4. The summed E-state index contributed by atoms with van der Waals surface area (Å²) in [5.74, 6) is 2.22. The summed E-state index contributed by atoms with van der Waals surface area (Å²) in [6, 6.07) is 78.5. The van der Waals surface area contributed by atoms with Gasteiger partial charge in [0.15, 0.2) is 0 Å². The fourth-order valence-electron chi connectivity index (χ4n) is 13.6. The van der Waals surface area contributed by atoms with Gasteiger partial charge in [-0.05, 0) is 190 Å². The van der Waals surface area contributed by atoms with Crippen molar-refractivity contribution in [2.45, 2.75) is 96.3 Å². The second-order valence-electron chi connectivity index (χ2n) is 24.4. The molecule has 2 nitrogen and oxygen atoms in total. The van der Waals surface area contributed by atoms with Crippen LogP contribution < -0.4 is 9.80 Å². The van der Waals surface area contributed by atoms with E-state index in [2.05, 4.69) is 252 Å². The first-order chi connectivity index (χ1) is 36.7. The minimum atomic E-state index is -0.134. The molecule has 4 aliphatic rings. The van der Waals surface area contributed by atoms with Crippen LogP contribution in [0.15, 0.2) is 212 Å². The van der Waals surface area contributed by atoms with E-state index in [9.17, 15) is 0 Å². The van der Waals surface area contributed by atoms with Crippen LogP contribution in [0.4, 0.5) is 34.1 Å². The molecular weight excluding hydrogens is 964 g/mol. The van der Waals surface area contributed by atoms with Gasteiger partial charge in [0.25, 0.3) is 0 Å². The average molecular weight is 1030 g/mol. The highest BCUT2D eigenvalue weighted by Gasteiger charge is 2.52. The molecule has 9 aromatic carbocycles. The molecule has 13 rings (SSSR count). The van der Waals surface area contributed by atoms with Crippen LogP contribution in [0.3, 0.4) is 0 Å². The lowest BCUT2D eigenvalue weighted by Crippen LogP contribution is -2.48. The van der Waals surface area contributed by atoms with Gasteiger partial charge in [0, 0.05) is 55.0 Å². The third-order valence-electron chi connectivity index (χ3n) is 16.9. The van der Waals surface area contributed by atoms with Crippen molar-refractivity contribution in [2.24, 2.45) is 17.8 Å². The van der Waals surface area contributed by atoms with E-state index in [1.807, 2.05) is 12.1 Å². The third-order valence-corrected chi connectivity index (χ3v) is 17.4. The van der Waals surface area contributed by atoms with Gasteiger partial charge in [-0.2, -0.15) is 0 Å². The predicted molar refractivity (Wildman–Crippen MR) is 325 cm³/mol. The van der Waals surface area contributed by atoms with Crippen molar-refractivity contribution < 1.29 is 0 Å². The molecule has 0 heterocycles. The van der Waals surface area contributed by atoms with E-state index in [0.717, 1.165) is 96.4 Å². The third kappa shape index (κ3) is 9.69. The van der Waals surface area contributed by atoms with E-state index in [4.69, 9.17) is 23.2 Å². The highest BCUT2D eigenvalue weighted by Crippen LogP contribution is 2.62. The predicted octanol–water partition coefficient (Wildman–Crippen LogP) is 21.7. The molecular formula is C72H68Cl2N2. The molecule has 0 amide bonds. The molecule has 380 valence electrons. The van der Waals surface area contributed by atoms with Crippen molar-refractivity contribution in [3.8, 4) is 44.5 Å². The lowest BCUT2D eigenvalue weighted by atomic mass is 9.48. The Morgan fingerprint density at radius 2 is 0.671 bits per heavy atom. The minimum absolute atomic E-state index is 0.0285. The Balaban J connectivity index is 1.24. The van der Waals surface area contributed by atoms with Gasteiger partial charge in [0.2, 0.25) is 0 Å². The van der Waals surface area contributed by atoms with Gasteiger partial charge in [-0.3, -0.25) is 0 Å². The number of hydrogen-bond donors (Lipinski definition) is 0. The molecule has 76 heavy (non-hydrogen) atoms. The first kappa shape index (κ1) is 50.0. The van der Waals surface area contributed by atoms with Crippen molar-refractivity contribution in [3.05, 3.63) is 239 Å². The molecule has 4 saturated carbocycles. The van der Waals surface area contributed by atoms with Crippen LogP contribution in [0.5, 0.6) is 0 Å². The standard InChI is InChI=1S/C72H68Cl2N2/c1-70(2,3)55-38-64(51-21-11-7-12-22-51)68(65(39-55)52-23-13-8-14-24-52)75(60-31-19-29-58(73)42-60)62-36-57(72-45-48-33-49(46-72)35-50(34-48)47-72)37-63(44-62)76(61-32-20-30-59(74)43-61)69-66(53-25-15-9-16-26-53)40-56(71(4,5)6)41-67(69)54-27-17-10-18-28-54/h7-32,36-44,48-50H,33-35,45-47H2,1-6H3. The first-order valence-corrected chi connectivity index (χ1v) is 28.3. The Morgan fingerprint density at radius 3 is 0.961 bits per heavy atom. The molecule has 4 bridgehead atoms. The number of benzene rings is 9. The molecule has 0 saturated heterocycles. The fourth-order valence-corrected chi connectivity index (χ4v) is 14.0. The maximum atomic E-state index is 7.21. The SMILES string of the molecule is CC(C)(C)c1cc(-c2ccccc2)c(N(c2cccc(Cl)c2)c2cc(N(c3cccc(Cl)c3)c3c(-c4ccccc4)cc(C(C)(C)C)cc3-c3ccccc3)cc(C34CC5CC(CC(C5)C3)C4)c2)c(-c2ccccc2)c1. The highest BCUT2D eigenvalue weighted by atomic mass is 35.5. The molecule has 4 fully saturated rings. The van der Waals surface area contributed by atoms with E-state index >= 15 is 0 Å². The minimum Gasteiger partial charge on any atom is -0.309 e. The second-order valence-corrected chi connectivity index (χ2v) is 25.2. The maximum Gasteiger partial charge on any atom is 0.0618 e. The van der Waals surface area contributed by atoms with Crippen molar-refractivity contribution >= 4 is 57.3 Å². The van der Waals surface area contributed by atoms with Crippen LogP contribution >= 0.6 is 23.2 Å². The summed E-state index contributed by atoms with van der Waals surface area (Å²) < 4.78 is 0. The summed E-state index contributed by atoms with van der Waals surface area (Å²) in [6.45, 7) is 14.0. The summed E-state index contributed by atoms with van der Waals surface area (Å²) in [5, 5.41) is 1.38. The maximum absolute atomic E-state index is 7.21. The van der Waals surface area contributed by atoms with Gasteiger partial charge in [0.05, 0.1) is 11.4 Å². The van der Waals surface area contributed by atoms with Crippen LogP contribution in [0.2, 0.25) is 10.0 Å². The van der Waals surface area contributed by atoms with E-state index in [1.54, 1.807) is 0 Å². The topological polar surface area (TPSA) is 6.48 Å². The summed E-state index contributed by atoms with van der Waals surface area (Å²) in [6.07, 6.45) is 7.72. The van der Waals surface area contributed by atoms with Gasteiger partial charge in [-0.1, -0.05) is 198 Å². The molecule has 0 spiro atoms. The number of nitrogens with zero attached hydrogens (tertiary/aromatic N) is 2. The van der Waals surface area contributed by atoms with E-state index in [1.165, 1.54) is 55.2 Å². The van der Waals surface area contributed by atoms with Crippen LogP contribution in [0.1, 0.15) is 96.8 Å². The average Bonchev–Trinajstić information content (AvgIpc) is 3.55. The summed E-state index contributed by atoms with van der Waals surface area (Å²) in [7, 11) is 0. The zero-order valence-electron chi connectivity index (χ0n) is 44.8. The molecule has 0 aliphatic heterocycles. The molecule has 0 radical (unpaired) electrons. The summed E-state index contributed by atoms with van der Waals surface area (Å²) in [4.78, 5) is 5.09. The van der Waals surface area contributed by atoms with E-state index in [0.29, 0.717) is 10.0 Å². The van der Waals surface area contributed by atoms with Gasteiger partial charge in [-0.15, -0.1) is 0 Å². The Hall–Kier alpha value is -6.84. The Kier molecular flexibility index (Phi) is 13.1. The van der Waals surface area contributed by atoms with Gasteiger partial charge in [-0.25, -0.2) is 0 Å². The normalized spacial score (nSPS) is 18.9. The highest BCUT2D eigenvalue weighted by molar-refractivity contribution is 6.31. The van der Waals surface area contributed by atoms with E-state index in [-0.39, 0.29) is 16.2 Å². The van der Waals surface area contributed by atoms with Gasteiger partial charge < -0.3 is 9.80 Å². The Labute approximate surface area is 462 Å². The number of halogens is 2. The molecule has 9 aromatic rings. The van der Waals surface area contributed by atoms with Gasteiger partial charge >= 0.3 is 0 Å². The van der Waals surface area contributed by atoms with Crippen molar-refractivity contribution in [1.29, 1.82) is 0 Å². The summed E-state index contributed by atoms with van der Waals surface area (Å²) in [5.41, 5.74) is 19.4. The van der Waals surface area contributed by atoms with E-state index < -0.39 is 0 Å². The lowest BCUT2D eigenvalue weighted by Gasteiger charge is -2.57. The molecule has 0 aromatic heterocycles. The van der Waals surface area contributed by atoms with Crippen LogP contribution in [-0.4, -0.2) is 0 Å². The fraction of sp³-hybridized carbons (Fsp3) is 0.250. The molecule has 0 unspecified atom stereocenters. The Bertz CT molecular complexity index is 3180. The number of rotatable bonds is 11. The monoisotopic (exact) mass is 1030 g/mol. The lowest BCUT2D eigenvalue weighted by molar-refractivity contribution is -0.00515. The van der Waals surface area contributed by atoms with Crippen LogP contribution in [0.25, 0.3) is 44.5 Å². The second kappa shape index (κ2) is 19.9. The quantitative estimate of drug-likeness (QED) is 0.127. The largest absolute Gasteiger partial charge is 0.309 e. The first-order valence-electron chi connectivity index (χ1n) is 27.5. The van der Waals surface area contributed by atoms with Gasteiger partial charge in [0.1, 0.15) is 0 Å². The van der Waals surface area contributed by atoms with Crippen LogP contribution in [0, 0.1) is 17.8 Å². The Morgan fingerprint density at radius 1 is 0.355 bits per heavy atom. The van der Waals surface area contributed by atoms with Crippen LogP contribution in [-0.2, 0) is 16.2 Å². The number of anilines is 6. The van der Waals surface area contributed by atoms with Crippen molar-refractivity contribution in [3.63, 3.8) is 0 Å². The molecule has 0 N–H and O–H groups in total. The molecule has 4 heteroatoms. The van der Waals surface area contributed by atoms with Crippen molar-refractivity contribution in [2.75, 3.05) is 9.80 Å². The zero-order chi connectivity index (χ0) is 52.3. The molecule has 4 aliphatic carbocycles. The number of hydrogen-bond acceptors (Lipinski definition) is 2. The zero-order valence-corrected chi connectivity index (χ0v) is 46.3. The van der Waals surface area contributed by atoms with Crippen molar-refractivity contribution in [1.82, 2.24) is 0 Å².